The molecule has 0 amide bonds. The molecular weight excluding hydrogens is 245 g/mol. The zero-order valence-corrected chi connectivity index (χ0v) is 10.3. The van der Waals surface area contributed by atoms with Gasteiger partial charge >= 0.3 is 5.97 Å². The molecule has 2 aromatic rings. The molecule has 1 heterocycles. The number of hydrogen-bond acceptors (Lipinski definition) is 3. The van der Waals surface area contributed by atoms with Gasteiger partial charge in [0.1, 0.15) is 5.83 Å². The van der Waals surface area contributed by atoms with Gasteiger partial charge in [0, 0.05) is 17.8 Å². The summed E-state index contributed by atoms with van der Waals surface area (Å²) in [5, 5.41) is 0. The van der Waals surface area contributed by atoms with Crippen molar-refractivity contribution in [1.29, 1.82) is 0 Å². The van der Waals surface area contributed by atoms with Crippen molar-refractivity contribution in [2.24, 2.45) is 0 Å². The van der Waals surface area contributed by atoms with Gasteiger partial charge in [-0.25, -0.2) is 9.18 Å². The first-order chi connectivity index (χ1) is 9.20. The van der Waals surface area contributed by atoms with Gasteiger partial charge in [-0.05, 0) is 24.3 Å². The Hall–Kier alpha value is -2.49. The molecule has 0 aliphatic rings. The number of benzene rings is 1. The summed E-state index contributed by atoms with van der Waals surface area (Å²) < 4.78 is 18.5. The summed E-state index contributed by atoms with van der Waals surface area (Å²) >= 11 is 0. The van der Waals surface area contributed by atoms with Gasteiger partial charge < -0.3 is 4.74 Å². The molecule has 2 rings (SSSR count). The molecule has 0 bridgehead atoms. The van der Waals surface area contributed by atoms with E-state index in [0.717, 1.165) is 0 Å². The number of carbonyl (C=O) groups excluding carboxylic acids is 1. The number of aromatic nitrogens is 1. The normalized spacial score (nSPS) is 11.2. The number of esters is 1. The number of rotatable bonds is 3. The van der Waals surface area contributed by atoms with E-state index in [9.17, 15) is 9.18 Å². The predicted molar refractivity (Wildman–Crippen MR) is 71.0 cm³/mol. The number of carbonyl (C=O) groups is 1. The minimum absolute atomic E-state index is 0.386. The summed E-state index contributed by atoms with van der Waals surface area (Å²) in [5.74, 6) is -0.851. The van der Waals surface area contributed by atoms with Crippen LogP contribution < -0.4 is 0 Å². The summed E-state index contributed by atoms with van der Waals surface area (Å²) in [5.41, 5.74) is 1.31. The lowest BCUT2D eigenvalue weighted by molar-refractivity contribution is 0.0600. The largest absolute Gasteiger partial charge is 0.465 e. The molecule has 0 spiro atoms. The summed E-state index contributed by atoms with van der Waals surface area (Å²) in [4.78, 5) is 15.3. The Bertz CT molecular complexity index is 591. The number of pyridine rings is 1. The van der Waals surface area contributed by atoms with E-state index in [-0.39, 0.29) is 0 Å². The molecule has 1 aromatic carbocycles. The number of nitrogens with zero attached hydrogens (tertiary/aromatic N) is 1. The van der Waals surface area contributed by atoms with Gasteiger partial charge in [-0.1, -0.05) is 18.2 Å². The van der Waals surface area contributed by atoms with E-state index in [1.807, 2.05) is 0 Å². The van der Waals surface area contributed by atoms with Crippen LogP contribution >= 0.6 is 0 Å². The lowest BCUT2D eigenvalue weighted by Gasteiger charge is -2.01. The van der Waals surface area contributed by atoms with Gasteiger partial charge in [0.15, 0.2) is 0 Å². The number of halogens is 1. The van der Waals surface area contributed by atoms with Crippen molar-refractivity contribution in [3.8, 4) is 0 Å². The molecule has 0 radical (unpaired) electrons. The second-order valence-electron chi connectivity index (χ2n) is 3.82. The first kappa shape index (κ1) is 13.0. The van der Waals surface area contributed by atoms with Crippen molar-refractivity contribution in [2.45, 2.75) is 0 Å². The Balaban J connectivity index is 2.23. The van der Waals surface area contributed by atoms with E-state index in [0.29, 0.717) is 16.8 Å². The maximum absolute atomic E-state index is 13.9. The standard InChI is InChI=1S/C15H12FNO2/c1-19-15(18)12-7-5-11(6-8-12)14(16)10-13-4-2-3-9-17-13/h2-10H,1H3. The summed E-state index contributed by atoms with van der Waals surface area (Å²) in [6.45, 7) is 0. The van der Waals surface area contributed by atoms with Crippen molar-refractivity contribution in [1.82, 2.24) is 4.98 Å². The second-order valence-corrected chi connectivity index (χ2v) is 3.82. The molecule has 4 heteroatoms. The van der Waals surface area contributed by atoms with Crippen molar-refractivity contribution >= 4 is 17.9 Å². The van der Waals surface area contributed by atoms with Gasteiger partial charge in [0.25, 0.3) is 0 Å². The van der Waals surface area contributed by atoms with Crippen molar-refractivity contribution in [3.05, 3.63) is 65.5 Å². The topological polar surface area (TPSA) is 39.2 Å². The SMILES string of the molecule is COC(=O)c1ccc(C(F)=Cc2ccccn2)cc1. The molecule has 19 heavy (non-hydrogen) atoms. The Kier molecular flexibility index (Phi) is 4.03. The highest BCUT2D eigenvalue weighted by atomic mass is 19.1. The summed E-state index contributed by atoms with van der Waals surface area (Å²) in [7, 11) is 1.30. The van der Waals surface area contributed by atoms with Crippen LogP contribution in [-0.4, -0.2) is 18.1 Å². The van der Waals surface area contributed by atoms with Gasteiger partial charge in [0.2, 0.25) is 0 Å². The van der Waals surface area contributed by atoms with Crippen LogP contribution in [0.5, 0.6) is 0 Å². The Morgan fingerprint density at radius 1 is 1.16 bits per heavy atom. The first-order valence-electron chi connectivity index (χ1n) is 5.67. The molecule has 0 aliphatic heterocycles. The highest BCUT2D eigenvalue weighted by molar-refractivity contribution is 5.90. The van der Waals surface area contributed by atoms with Crippen LogP contribution in [0.2, 0.25) is 0 Å². The fourth-order valence-electron chi connectivity index (χ4n) is 1.56. The minimum Gasteiger partial charge on any atom is -0.465 e. The molecule has 3 nitrogen and oxygen atoms in total. The molecule has 0 atom stereocenters. The second kappa shape index (κ2) is 5.91. The molecule has 96 valence electrons. The third-order valence-electron chi connectivity index (χ3n) is 2.54. The minimum atomic E-state index is -0.444. The van der Waals surface area contributed by atoms with Gasteiger partial charge in [-0.3, -0.25) is 4.98 Å². The molecule has 0 saturated heterocycles. The quantitative estimate of drug-likeness (QED) is 0.792. The predicted octanol–water partition coefficient (Wildman–Crippen LogP) is 3.34. The fraction of sp³-hybridized carbons (Fsp3) is 0.0667. The number of methoxy groups -OCH3 is 1. The van der Waals surface area contributed by atoms with Crippen molar-refractivity contribution in [3.63, 3.8) is 0 Å². The van der Waals surface area contributed by atoms with E-state index in [1.54, 1.807) is 24.4 Å². The molecule has 0 saturated carbocycles. The molecule has 1 aromatic heterocycles. The number of hydrogen-bond donors (Lipinski definition) is 0. The number of ether oxygens (including phenoxy) is 1. The van der Waals surface area contributed by atoms with Crippen LogP contribution in [0.15, 0.2) is 48.7 Å². The van der Waals surface area contributed by atoms with Crippen LogP contribution in [-0.2, 0) is 4.74 Å². The first-order valence-corrected chi connectivity index (χ1v) is 5.67. The van der Waals surface area contributed by atoms with E-state index in [1.165, 1.54) is 37.5 Å². The maximum Gasteiger partial charge on any atom is 0.337 e. The Labute approximate surface area is 110 Å². The third-order valence-corrected chi connectivity index (χ3v) is 2.54. The molecule has 0 aliphatic carbocycles. The summed E-state index contributed by atoms with van der Waals surface area (Å²) in [6.07, 6.45) is 2.94. The average Bonchev–Trinajstić information content (AvgIpc) is 2.47. The molecule has 0 fully saturated rings. The van der Waals surface area contributed by atoms with Crippen molar-refractivity contribution in [2.75, 3.05) is 7.11 Å². The molecule has 0 N–H and O–H groups in total. The monoisotopic (exact) mass is 257 g/mol. The van der Waals surface area contributed by atoms with Gasteiger partial charge in [-0.15, -0.1) is 0 Å². The van der Waals surface area contributed by atoms with Crippen LogP contribution in [0.1, 0.15) is 21.6 Å². The third kappa shape index (κ3) is 3.25. The smallest absolute Gasteiger partial charge is 0.337 e. The van der Waals surface area contributed by atoms with Crippen LogP contribution in [0.3, 0.4) is 0 Å². The van der Waals surface area contributed by atoms with E-state index >= 15 is 0 Å². The summed E-state index contributed by atoms with van der Waals surface area (Å²) in [6, 6.07) is 11.4. The fourth-order valence-corrected chi connectivity index (χ4v) is 1.56. The van der Waals surface area contributed by atoms with Gasteiger partial charge in [0.05, 0.1) is 18.4 Å². The van der Waals surface area contributed by atoms with Gasteiger partial charge in [-0.2, -0.15) is 0 Å². The average molecular weight is 257 g/mol. The van der Waals surface area contributed by atoms with Crippen LogP contribution in [0.4, 0.5) is 4.39 Å². The highest BCUT2D eigenvalue weighted by Crippen LogP contribution is 2.19. The lowest BCUT2D eigenvalue weighted by atomic mass is 10.1. The zero-order chi connectivity index (χ0) is 13.7. The molecule has 0 unspecified atom stereocenters. The Morgan fingerprint density at radius 3 is 2.42 bits per heavy atom. The lowest BCUT2D eigenvalue weighted by Crippen LogP contribution is -2.00. The maximum atomic E-state index is 13.9. The van der Waals surface area contributed by atoms with E-state index in [2.05, 4.69) is 9.72 Å². The highest BCUT2D eigenvalue weighted by Gasteiger charge is 2.06. The molecular formula is C15H12FNO2. The van der Waals surface area contributed by atoms with Crippen molar-refractivity contribution < 1.29 is 13.9 Å². The van der Waals surface area contributed by atoms with E-state index in [4.69, 9.17) is 0 Å². The van der Waals surface area contributed by atoms with E-state index < -0.39 is 11.8 Å². The van der Waals surface area contributed by atoms with Crippen LogP contribution in [0.25, 0.3) is 11.9 Å². The zero-order valence-electron chi connectivity index (χ0n) is 10.3. The Morgan fingerprint density at radius 2 is 1.84 bits per heavy atom. The van der Waals surface area contributed by atoms with Crippen LogP contribution in [0, 0.1) is 0 Å².